The van der Waals surface area contributed by atoms with Crippen molar-refractivity contribution in [2.24, 2.45) is 0 Å². The topological polar surface area (TPSA) is 96.0 Å². The summed E-state index contributed by atoms with van der Waals surface area (Å²) in [5.41, 5.74) is 3.71. The molecule has 0 spiro atoms. The van der Waals surface area contributed by atoms with Crippen molar-refractivity contribution in [3.63, 3.8) is 0 Å². The number of benzene rings is 1. The van der Waals surface area contributed by atoms with Crippen molar-refractivity contribution in [1.82, 2.24) is 5.32 Å². The van der Waals surface area contributed by atoms with Crippen molar-refractivity contribution >= 4 is 34.6 Å². The molecular formula is C21H19N3O3S2. The highest BCUT2D eigenvalue weighted by atomic mass is 32.2. The lowest BCUT2D eigenvalue weighted by Gasteiger charge is -2.29. The summed E-state index contributed by atoms with van der Waals surface area (Å²) >= 11 is 2.95. The van der Waals surface area contributed by atoms with E-state index in [2.05, 4.69) is 11.4 Å². The Balaban J connectivity index is 1.98. The minimum atomic E-state index is -0.422. The molecule has 2 heterocycles. The summed E-state index contributed by atoms with van der Waals surface area (Å²) in [7, 11) is 0. The third-order valence-corrected chi connectivity index (χ3v) is 6.87. The first-order valence-corrected chi connectivity index (χ1v) is 10.7. The highest BCUT2D eigenvalue weighted by Gasteiger charge is 2.34. The van der Waals surface area contributed by atoms with Gasteiger partial charge >= 0.3 is 0 Å². The van der Waals surface area contributed by atoms with Gasteiger partial charge in [0.2, 0.25) is 0 Å². The third-order valence-electron chi connectivity index (χ3n) is 4.70. The number of thiophene rings is 1. The van der Waals surface area contributed by atoms with Gasteiger partial charge in [-0.05, 0) is 43.3 Å². The number of hydrogen-bond acceptors (Lipinski definition) is 7. The van der Waals surface area contributed by atoms with Crippen LogP contribution in [0.2, 0.25) is 0 Å². The molecule has 0 saturated carbocycles. The van der Waals surface area contributed by atoms with E-state index < -0.39 is 10.8 Å². The van der Waals surface area contributed by atoms with Gasteiger partial charge in [0.15, 0.2) is 5.78 Å². The maximum absolute atomic E-state index is 12.4. The van der Waals surface area contributed by atoms with E-state index in [4.69, 9.17) is 0 Å². The number of allylic oxidation sites excluding steroid dienone is 3. The molecule has 0 unspecified atom stereocenters. The molecule has 2 aromatic rings. The first-order chi connectivity index (χ1) is 13.8. The molecule has 148 valence electrons. The summed E-state index contributed by atoms with van der Waals surface area (Å²) in [4.78, 5) is 23.9. The summed E-state index contributed by atoms with van der Waals surface area (Å²) < 4.78 is 0. The zero-order chi connectivity index (χ0) is 21.1. The molecule has 3 rings (SSSR count). The molecule has 0 saturated heterocycles. The summed E-state index contributed by atoms with van der Waals surface area (Å²) in [6.45, 7) is 5.34. The van der Waals surface area contributed by atoms with Gasteiger partial charge in [-0.2, -0.15) is 5.26 Å². The van der Waals surface area contributed by atoms with Gasteiger partial charge in [-0.3, -0.25) is 14.9 Å². The standard InChI is InChI=1S/C21H19N3O3S2/c1-12-7-8-28-20(12)19-17(10-22)21(23-13(2)18(19)14(3)25)29-11-15-5-4-6-16(9-15)24(26)27/h4-9,19,23H,11H2,1-3H3/t19-/m1/s1. The Morgan fingerprint density at radius 2 is 2.14 bits per heavy atom. The molecule has 0 aliphatic carbocycles. The second-order valence-electron chi connectivity index (χ2n) is 6.69. The van der Waals surface area contributed by atoms with Crippen LogP contribution in [0.5, 0.6) is 0 Å². The Labute approximate surface area is 177 Å². The first-order valence-electron chi connectivity index (χ1n) is 8.86. The molecule has 0 amide bonds. The van der Waals surface area contributed by atoms with Crippen LogP contribution in [0.15, 0.2) is 57.6 Å². The Morgan fingerprint density at radius 1 is 1.38 bits per heavy atom. The third kappa shape index (κ3) is 4.26. The van der Waals surface area contributed by atoms with Crippen molar-refractivity contribution in [2.45, 2.75) is 32.4 Å². The zero-order valence-corrected chi connectivity index (χ0v) is 17.8. The fourth-order valence-electron chi connectivity index (χ4n) is 3.35. The fraction of sp³-hybridized carbons (Fsp3) is 0.238. The maximum Gasteiger partial charge on any atom is 0.269 e. The number of Topliss-reactive ketones (excluding diaryl/α,β-unsaturated/α-hetero) is 1. The van der Waals surface area contributed by atoms with Crippen molar-refractivity contribution in [1.29, 1.82) is 5.26 Å². The number of dihydropyridines is 1. The first kappa shape index (κ1) is 20.8. The number of carbonyl (C=O) groups excluding carboxylic acids is 1. The number of nitro benzene ring substituents is 1. The van der Waals surface area contributed by atoms with Crippen molar-refractivity contribution < 1.29 is 9.72 Å². The van der Waals surface area contributed by atoms with Crippen LogP contribution in [0.4, 0.5) is 5.69 Å². The molecule has 29 heavy (non-hydrogen) atoms. The molecular weight excluding hydrogens is 406 g/mol. The van der Waals surface area contributed by atoms with E-state index >= 15 is 0 Å². The molecule has 8 heteroatoms. The van der Waals surface area contributed by atoms with Crippen molar-refractivity contribution in [3.8, 4) is 6.07 Å². The fourth-order valence-corrected chi connectivity index (χ4v) is 5.43. The second kappa shape index (κ2) is 8.64. The van der Waals surface area contributed by atoms with Gasteiger partial charge in [-0.1, -0.05) is 12.1 Å². The number of nitriles is 1. The smallest absolute Gasteiger partial charge is 0.269 e. The number of nitrogens with one attached hydrogen (secondary N) is 1. The number of hydrogen-bond donors (Lipinski definition) is 1. The van der Waals surface area contributed by atoms with Gasteiger partial charge in [0.05, 0.1) is 27.5 Å². The summed E-state index contributed by atoms with van der Waals surface area (Å²) in [5.74, 6) is 0.00300. The van der Waals surface area contributed by atoms with E-state index in [9.17, 15) is 20.2 Å². The number of nitro groups is 1. The van der Waals surface area contributed by atoms with E-state index in [0.29, 0.717) is 21.9 Å². The Kier molecular flexibility index (Phi) is 6.20. The lowest BCUT2D eigenvalue weighted by Crippen LogP contribution is -2.26. The van der Waals surface area contributed by atoms with E-state index in [-0.39, 0.29) is 11.5 Å². The number of nitrogens with zero attached hydrogens (tertiary/aromatic N) is 2. The normalized spacial score (nSPS) is 16.4. The van der Waals surface area contributed by atoms with E-state index in [1.165, 1.54) is 42.2 Å². The predicted octanol–water partition coefficient (Wildman–Crippen LogP) is 5.18. The molecule has 1 N–H and O–H groups in total. The number of carbonyl (C=O) groups is 1. The number of non-ortho nitro benzene ring substituents is 1. The van der Waals surface area contributed by atoms with Crippen molar-refractivity contribution in [3.05, 3.63) is 83.7 Å². The summed E-state index contributed by atoms with van der Waals surface area (Å²) in [6, 6.07) is 10.7. The average Bonchev–Trinajstić information content (AvgIpc) is 3.11. The minimum absolute atomic E-state index is 0.0382. The molecule has 1 aromatic carbocycles. The Bertz CT molecular complexity index is 1090. The lowest BCUT2D eigenvalue weighted by atomic mass is 9.84. The SMILES string of the molecule is CC(=O)C1=C(C)NC(SCc2cccc([N+](=O)[O-])c2)=C(C#N)[C@H]1c1sccc1C. The van der Waals surface area contributed by atoms with Gasteiger partial charge in [-0.25, -0.2) is 0 Å². The molecule has 1 aliphatic heterocycles. The van der Waals surface area contributed by atoms with Gasteiger partial charge in [-0.15, -0.1) is 23.1 Å². The van der Waals surface area contributed by atoms with Crippen LogP contribution < -0.4 is 5.32 Å². The van der Waals surface area contributed by atoms with Crippen LogP contribution in [-0.4, -0.2) is 10.7 Å². The molecule has 0 fully saturated rings. The van der Waals surface area contributed by atoms with Gasteiger partial charge in [0.25, 0.3) is 5.69 Å². The van der Waals surface area contributed by atoms with Crippen LogP contribution in [0.3, 0.4) is 0 Å². The maximum atomic E-state index is 12.4. The number of rotatable bonds is 6. The van der Waals surface area contributed by atoms with E-state index in [0.717, 1.165) is 21.7 Å². The molecule has 1 aliphatic rings. The number of aryl methyl sites for hydroxylation is 1. The highest BCUT2D eigenvalue weighted by Crippen LogP contribution is 2.44. The van der Waals surface area contributed by atoms with Crippen molar-refractivity contribution in [2.75, 3.05) is 0 Å². The molecule has 1 atom stereocenters. The van der Waals surface area contributed by atoms with Crippen LogP contribution in [-0.2, 0) is 10.5 Å². The quantitative estimate of drug-likeness (QED) is 0.506. The van der Waals surface area contributed by atoms with E-state index in [1.54, 1.807) is 6.07 Å². The van der Waals surface area contributed by atoms with Crippen LogP contribution >= 0.6 is 23.1 Å². The number of ketones is 1. The summed E-state index contributed by atoms with van der Waals surface area (Å²) in [6.07, 6.45) is 0. The zero-order valence-electron chi connectivity index (χ0n) is 16.2. The van der Waals surface area contributed by atoms with Gasteiger partial charge in [0.1, 0.15) is 0 Å². The second-order valence-corrected chi connectivity index (χ2v) is 8.62. The molecule has 0 radical (unpaired) electrons. The predicted molar refractivity (Wildman–Crippen MR) is 115 cm³/mol. The van der Waals surface area contributed by atoms with Gasteiger partial charge in [0, 0.05) is 34.0 Å². The Hall–Kier alpha value is -2.89. The Morgan fingerprint density at radius 3 is 2.72 bits per heavy atom. The monoisotopic (exact) mass is 425 g/mol. The van der Waals surface area contributed by atoms with Crippen LogP contribution in [0.25, 0.3) is 0 Å². The lowest BCUT2D eigenvalue weighted by molar-refractivity contribution is -0.384. The van der Waals surface area contributed by atoms with Crippen LogP contribution in [0, 0.1) is 28.4 Å². The largest absolute Gasteiger partial charge is 0.353 e. The molecule has 1 aromatic heterocycles. The highest BCUT2D eigenvalue weighted by molar-refractivity contribution is 8.02. The average molecular weight is 426 g/mol. The van der Waals surface area contributed by atoms with E-state index in [1.807, 2.05) is 31.4 Å². The summed E-state index contributed by atoms with van der Waals surface area (Å²) in [5, 5.41) is 26.8. The number of thioether (sulfide) groups is 1. The molecule has 6 nitrogen and oxygen atoms in total. The minimum Gasteiger partial charge on any atom is -0.353 e. The van der Waals surface area contributed by atoms with Gasteiger partial charge < -0.3 is 5.32 Å². The van der Waals surface area contributed by atoms with Crippen LogP contribution in [0.1, 0.15) is 35.8 Å². The molecule has 0 bridgehead atoms.